The van der Waals surface area contributed by atoms with Crippen molar-refractivity contribution in [2.75, 3.05) is 13.1 Å². The molecule has 0 fully saturated rings. The highest BCUT2D eigenvalue weighted by Gasteiger charge is 2.24. The minimum atomic E-state index is 0.637. The Hall–Kier alpha value is -0.660. The smallest absolute Gasteiger partial charge is 0.101 e. The van der Waals surface area contributed by atoms with Gasteiger partial charge in [-0.15, -0.1) is 0 Å². The van der Waals surface area contributed by atoms with Gasteiger partial charge in [0.15, 0.2) is 0 Å². The van der Waals surface area contributed by atoms with Gasteiger partial charge < -0.3 is 9.80 Å². The first kappa shape index (κ1) is 45.4. The minimum absolute atomic E-state index is 0.637. The predicted octanol–water partition coefficient (Wildman–Crippen LogP) is 16.3. The zero-order chi connectivity index (χ0) is 34.4. The molecule has 0 spiro atoms. The van der Waals surface area contributed by atoms with Crippen LogP contribution in [-0.4, -0.2) is 29.1 Å². The van der Waals surface area contributed by atoms with Crippen LogP contribution in [0.25, 0.3) is 0 Å². The topological polar surface area (TPSA) is 6.48 Å². The molecule has 1 unspecified atom stereocenters. The second-order valence-electron chi connectivity index (χ2n) is 16.1. The molecular formula is C46H92N2. The zero-order valence-corrected chi connectivity index (χ0v) is 33.9. The van der Waals surface area contributed by atoms with E-state index in [9.17, 15) is 0 Å². The number of rotatable bonds is 40. The van der Waals surface area contributed by atoms with Crippen LogP contribution >= 0.6 is 0 Å². The lowest BCUT2D eigenvalue weighted by atomic mass is 10.0. The number of nitrogens with zero attached hydrogens (tertiary/aromatic N) is 2. The first-order chi connectivity index (χ1) is 23.8. The van der Waals surface area contributed by atoms with Crippen molar-refractivity contribution >= 4 is 0 Å². The van der Waals surface area contributed by atoms with E-state index in [0.29, 0.717) is 6.17 Å². The quantitative estimate of drug-likeness (QED) is 0.0598. The molecule has 2 heteroatoms. The summed E-state index contributed by atoms with van der Waals surface area (Å²) < 4.78 is 0. The van der Waals surface area contributed by atoms with Crippen LogP contribution in [0.3, 0.4) is 0 Å². The molecule has 0 amide bonds. The zero-order valence-electron chi connectivity index (χ0n) is 33.9. The predicted molar refractivity (Wildman–Crippen MR) is 219 cm³/mol. The molecule has 0 bridgehead atoms. The van der Waals surface area contributed by atoms with Gasteiger partial charge in [-0.25, -0.2) is 0 Å². The molecule has 48 heavy (non-hydrogen) atoms. The molecule has 0 N–H and O–H groups in total. The lowest BCUT2D eigenvalue weighted by Crippen LogP contribution is -2.39. The van der Waals surface area contributed by atoms with E-state index in [1.54, 1.807) is 0 Å². The Balaban J connectivity index is 2.21. The molecule has 0 aliphatic carbocycles. The van der Waals surface area contributed by atoms with E-state index in [1.165, 1.54) is 257 Å². The maximum absolute atomic E-state index is 2.73. The van der Waals surface area contributed by atoms with Gasteiger partial charge in [0.25, 0.3) is 0 Å². The van der Waals surface area contributed by atoms with E-state index < -0.39 is 0 Å². The van der Waals surface area contributed by atoms with Crippen molar-refractivity contribution in [1.29, 1.82) is 0 Å². The Morgan fingerprint density at radius 1 is 0.271 bits per heavy atom. The van der Waals surface area contributed by atoms with Crippen molar-refractivity contribution in [1.82, 2.24) is 9.80 Å². The number of unbranched alkanes of at least 4 members (excludes halogenated alkanes) is 34. The number of hydrogen-bond acceptors (Lipinski definition) is 2. The summed E-state index contributed by atoms with van der Waals surface area (Å²) in [6.07, 6.45) is 60.4. The molecule has 0 saturated heterocycles. The Kier molecular flexibility index (Phi) is 35.5. The van der Waals surface area contributed by atoms with Crippen molar-refractivity contribution in [2.24, 2.45) is 0 Å². The van der Waals surface area contributed by atoms with Gasteiger partial charge in [-0.3, -0.25) is 0 Å². The van der Waals surface area contributed by atoms with E-state index in [0.717, 1.165) is 0 Å². The van der Waals surface area contributed by atoms with Crippen molar-refractivity contribution < 1.29 is 0 Å². The normalized spacial score (nSPS) is 14.6. The van der Waals surface area contributed by atoms with Crippen molar-refractivity contribution in [3.63, 3.8) is 0 Å². The summed E-state index contributed by atoms with van der Waals surface area (Å²) in [5.41, 5.74) is 0. The summed E-state index contributed by atoms with van der Waals surface area (Å²) in [4.78, 5) is 5.47. The molecule has 286 valence electrons. The van der Waals surface area contributed by atoms with Crippen molar-refractivity contribution in [3.8, 4) is 0 Å². The maximum atomic E-state index is 2.73. The van der Waals surface area contributed by atoms with Gasteiger partial charge in [0.05, 0.1) is 0 Å². The molecule has 0 radical (unpaired) electrons. The Morgan fingerprint density at radius 3 is 0.729 bits per heavy atom. The largest absolute Gasteiger partial charge is 0.356 e. The summed E-state index contributed by atoms with van der Waals surface area (Å²) in [5, 5.41) is 0. The highest BCUT2D eigenvalue weighted by atomic mass is 15.4. The van der Waals surface area contributed by atoms with Gasteiger partial charge in [0.2, 0.25) is 0 Å². The molecule has 1 rings (SSSR count). The van der Waals surface area contributed by atoms with Crippen LogP contribution in [0.4, 0.5) is 0 Å². The molecule has 1 atom stereocenters. The average molecular weight is 673 g/mol. The Bertz CT molecular complexity index is 630. The summed E-state index contributed by atoms with van der Waals surface area (Å²) >= 11 is 0. The monoisotopic (exact) mass is 673 g/mol. The van der Waals surface area contributed by atoms with Crippen LogP contribution in [0.1, 0.15) is 265 Å². The summed E-state index contributed by atoms with van der Waals surface area (Å²) in [7, 11) is 0. The van der Waals surface area contributed by atoms with Gasteiger partial charge in [0.1, 0.15) is 6.17 Å². The van der Waals surface area contributed by atoms with Crippen molar-refractivity contribution in [3.05, 3.63) is 12.4 Å². The lowest BCUT2D eigenvalue weighted by molar-refractivity contribution is 0.135. The van der Waals surface area contributed by atoms with Crippen LogP contribution in [0.15, 0.2) is 12.4 Å². The average Bonchev–Trinajstić information content (AvgIpc) is 3.48. The first-order valence-electron chi connectivity index (χ1n) is 23.0. The van der Waals surface area contributed by atoms with Crippen molar-refractivity contribution in [2.45, 2.75) is 271 Å². The standard InChI is InChI=1S/C46H92N2/c1-4-7-10-13-16-19-22-24-25-26-29-32-35-38-41-46-47(42-39-36-33-30-27-21-18-15-12-9-6-3)44-45-48(46)43-40-37-34-31-28-23-20-17-14-11-8-5-2/h44-46H,4-43H2,1-3H3. The number of hydrogen-bond donors (Lipinski definition) is 0. The fraction of sp³-hybridized carbons (Fsp3) is 0.957. The molecule has 1 aliphatic heterocycles. The van der Waals surface area contributed by atoms with Crippen LogP contribution in [0, 0.1) is 0 Å². The minimum Gasteiger partial charge on any atom is -0.356 e. The second kappa shape index (κ2) is 37.6. The fourth-order valence-electron chi connectivity index (χ4n) is 7.95. The van der Waals surface area contributed by atoms with Crippen LogP contribution < -0.4 is 0 Å². The lowest BCUT2D eigenvalue weighted by Gasteiger charge is -2.33. The molecular weight excluding hydrogens is 581 g/mol. The Labute approximate surface area is 305 Å². The van der Waals surface area contributed by atoms with E-state index in [-0.39, 0.29) is 0 Å². The third kappa shape index (κ3) is 29.1. The molecule has 2 nitrogen and oxygen atoms in total. The maximum Gasteiger partial charge on any atom is 0.101 e. The third-order valence-corrected chi connectivity index (χ3v) is 11.3. The van der Waals surface area contributed by atoms with Gasteiger partial charge in [-0.1, -0.05) is 239 Å². The molecule has 0 aromatic rings. The summed E-state index contributed by atoms with van der Waals surface area (Å²) in [5.74, 6) is 0. The summed E-state index contributed by atoms with van der Waals surface area (Å²) in [6.45, 7) is 9.49. The van der Waals surface area contributed by atoms with Gasteiger partial charge >= 0.3 is 0 Å². The SMILES string of the molecule is CCCCCCCCCCCCCCCCC1N(CCCCCCCCCCCCC)C=CN1CCCCCCCCCCCCCC. The Morgan fingerprint density at radius 2 is 0.479 bits per heavy atom. The van der Waals surface area contributed by atoms with Gasteiger partial charge in [-0.2, -0.15) is 0 Å². The summed E-state index contributed by atoms with van der Waals surface area (Å²) in [6, 6.07) is 0. The first-order valence-corrected chi connectivity index (χ1v) is 23.0. The van der Waals surface area contributed by atoms with Gasteiger partial charge in [-0.05, 0) is 25.7 Å². The highest BCUT2D eigenvalue weighted by Crippen LogP contribution is 2.24. The van der Waals surface area contributed by atoms with Crippen LogP contribution in [0.5, 0.6) is 0 Å². The highest BCUT2D eigenvalue weighted by molar-refractivity contribution is 4.97. The molecule has 0 aromatic heterocycles. The van der Waals surface area contributed by atoms with E-state index >= 15 is 0 Å². The second-order valence-corrected chi connectivity index (χ2v) is 16.1. The molecule has 0 aromatic carbocycles. The molecule has 0 saturated carbocycles. The fourth-order valence-corrected chi connectivity index (χ4v) is 7.95. The van der Waals surface area contributed by atoms with Crippen LogP contribution in [-0.2, 0) is 0 Å². The third-order valence-electron chi connectivity index (χ3n) is 11.3. The van der Waals surface area contributed by atoms with E-state index in [2.05, 4.69) is 43.0 Å². The van der Waals surface area contributed by atoms with E-state index in [4.69, 9.17) is 0 Å². The molecule has 1 heterocycles. The van der Waals surface area contributed by atoms with Gasteiger partial charge in [0, 0.05) is 25.5 Å². The van der Waals surface area contributed by atoms with Crippen LogP contribution in [0.2, 0.25) is 0 Å². The van der Waals surface area contributed by atoms with E-state index in [1.807, 2.05) is 0 Å². The molecule has 1 aliphatic rings.